The Morgan fingerprint density at radius 1 is 1.00 bits per heavy atom. The summed E-state index contributed by atoms with van der Waals surface area (Å²) in [6, 6.07) is 0. The van der Waals surface area contributed by atoms with E-state index >= 15 is 0 Å². The second-order valence-electron chi connectivity index (χ2n) is 5.83. The summed E-state index contributed by atoms with van der Waals surface area (Å²) in [7, 11) is 0. The van der Waals surface area contributed by atoms with E-state index in [0.29, 0.717) is 0 Å². The van der Waals surface area contributed by atoms with Crippen LogP contribution in [0.5, 0.6) is 0 Å². The minimum atomic E-state index is 0.764. The first kappa shape index (κ1) is 22.2. The zero-order chi connectivity index (χ0) is 16.3. The van der Waals surface area contributed by atoms with E-state index in [2.05, 4.69) is 59.1 Å². The van der Waals surface area contributed by atoms with Crippen molar-refractivity contribution in [3.63, 3.8) is 0 Å². The fourth-order valence-electron chi connectivity index (χ4n) is 1.83. The van der Waals surface area contributed by atoms with E-state index in [0.717, 1.165) is 25.2 Å². The number of hydrogen-bond acceptors (Lipinski definition) is 0. The first-order valence-electron chi connectivity index (χ1n) is 8.69. The summed E-state index contributed by atoms with van der Waals surface area (Å²) in [5.41, 5.74) is 1.51. The molecular formula is C21H38. The van der Waals surface area contributed by atoms with Crippen LogP contribution >= 0.6 is 0 Å². The maximum atomic E-state index is 3.75. The van der Waals surface area contributed by atoms with E-state index in [1.165, 1.54) is 37.7 Å². The summed E-state index contributed by atoms with van der Waals surface area (Å²) in [6.45, 7) is 16.2. The standard InChI is InChI=1S/C16H28.C5H10/c1-5-7-8-9-13-16(11-6-2)14-10-12-15(3)4;1-3-5-4-2/h5,10-11,14-15H,1,6-9,12-13H2,2-4H3;3H,1,4-5H2,2H3. The Hall–Kier alpha value is -1.04. The molecule has 0 atom stereocenters. The van der Waals surface area contributed by atoms with Crippen LogP contribution < -0.4 is 0 Å². The van der Waals surface area contributed by atoms with Crippen LogP contribution in [0.3, 0.4) is 0 Å². The second kappa shape index (κ2) is 19.0. The Kier molecular flexibility index (Phi) is 20.1. The van der Waals surface area contributed by atoms with Crippen molar-refractivity contribution >= 4 is 0 Å². The van der Waals surface area contributed by atoms with E-state index in [4.69, 9.17) is 0 Å². The van der Waals surface area contributed by atoms with Crippen LogP contribution in [0.15, 0.2) is 49.1 Å². The van der Waals surface area contributed by atoms with Crippen LogP contribution in [0.1, 0.15) is 79.1 Å². The van der Waals surface area contributed by atoms with Crippen molar-refractivity contribution < 1.29 is 0 Å². The Morgan fingerprint density at radius 2 is 1.67 bits per heavy atom. The molecule has 0 unspecified atom stereocenters. The monoisotopic (exact) mass is 290 g/mol. The Morgan fingerprint density at radius 3 is 2.10 bits per heavy atom. The molecule has 0 bridgehead atoms. The van der Waals surface area contributed by atoms with E-state index < -0.39 is 0 Å². The molecule has 0 saturated heterocycles. The molecule has 0 N–H and O–H groups in total. The van der Waals surface area contributed by atoms with Crippen molar-refractivity contribution in [3.8, 4) is 0 Å². The van der Waals surface area contributed by atoms with Gasteiger partial charge in [0.15, 0.2) is 0 Å². The third-order valence-electron chi connectivity index (χ3n) is 3.02. The van der Waals surface area contributed by atoms with Gasteiger partial charge in [0, 0.05) is 0 Å². The second-order valence-corrected chi connectivity index (χ2v) is 5.83. The molecular weight excluding hydrogens is 252 g/mol. The van der Waals surface area contributed by atoms with Crippen LogP contribution in [0.4, 0.5) is 0 Å². The molecule has 0 aromatic heterocycles. The van der Waals surface area contributed by atoms with Crippen LogP contribution in [0, 0.1) is 5.92 Å². The maximum Gasteiger partial charge on any atom is -0.0282 e. The van der Waals surface area contributed by atoms with Gasteiger partial charge in [0.2, 0.25) is 0 Å². The molecule has 0 heterocycles. The summed E-state index contributed by atoms with van der Waals surface area (Å²) in [4.78, 5) is 0. The molecule has 0 spiro atoms. The van der Waals surface area contributed by atoms with Crippen molar-refractivity contribution in [1.29, 1.82) is 0 Å². The van der Waals surface area contributed by atoms with Gasteiger partial charge < -0.3 is 0 Å². The van der Waals surface area contributed by atoms with Gasteiger partial charge in [-0.05, 0) is 50.9 Å². The Balaban J connectivity index is 0. The molecule has 0 aliphatic rings. The SMILES string of the molecule is C=CCCC.C=CCCCCC(C=CCC(C)C)=CCC. The predicted molar refractivity (Wildman–Crippen MR) is 101 cm³/mol. The molecule has 0 radical (unpaired) electrons. The highest BCUT2D eigenvalue weighted by molar-refractivity contribution is 5.18. The number of hydrogen-bond donors (Lipinski definition) is 0. The highest BCUT2D eigenvalue weighted by Crippen LogP contribution is 2.13. The van der Waals surface area contributed by atoms with Gasteiger partial charge >= 0.3 is 0 Å². The lowest BCUT2D eigenvalue weighted by Gasteiger charge is -2.02. The lowest BCUT2D eigenvalue weighted by atomic mass is 10.0. The van der Waals surface area contributed by atoms with Crippen molar-refractivity contribution in [2.45, 2.75) is 79.1 Å². The zero-order valence-corrected chi connectivity index (χ0v) is 15.0. The minimum absolute atomic E-state index is 0.764. The smallest absolute Gasteiger partial charge is 0.0282 e. The quantitative estimate of drug-likeness (QED) is 0.208. The van der Waals surface area contributed by atoms with Crippen LogP contribution in [0.25, 0.3) is 0 Å². The summed E-state index contributed by atoms with van der Waals surface area (Å²) in [5, 5.41) is 0. The summed E-state index contributed by atoms with van der Waals surface area (Å²) in [5.74, 6) is 0.764. The van der Waals surface area contributed by atoms with Gasteiger partial charge in [-0.15, -0.1) is 13.2 Å². The molecule has 21 heavy (non-hydrogen) atoms. The first-order chi connectivity index (χ1) is 10.1. The number of unbranched alkanes of at least 4 members (excludes halogenated alkanes) is 3. The minimum Gasteiger partial charge on any atom is -0.103 e. The molecule has 0 nitrogen and oxygen atoms in total. The number of allylic oxidation sites excluding steroid dienone is 6. The van der Waals surface area contributed by atoms with Gasteiger partial charge in [-0.2, -0.15) is 0 Å². The third-order valence-corrected chi connectivity index (χ3v) is 3.02. The Labute approximate surface area is 134 Å². The van der Waals surface area contributed by atoms with Crippen LogP contribution in [-0.2, 0) is 0 Å². The van der Waals surface area contributed by atoms with Gasteiger partial charge in [-0.3, -0.25) is 0 Å². The lowest BCUT2D eigenvalue weighted by molar-refractivity contribution is 0.663. The van der Waals surface area contributed by atoms with Gasteiger partial charge in [-0.25, -0.2) is 0 Å². The number of rotatable bonds is 11. The molecule has 0 aromatic rings. The average molecular weight is 291 g/mol. The molecule has 0 heteroatoms. The summed E-state index contributed by atoms with van der Waals surface area (Å²) >= 11 is 0. The van der Waals surface area contributed by atoms with Crippen molar-refractivity contribution in [2.24, 2.45) is 5.92 Å². The zero-order valence-electron chi connectivity index (χ0n) is 15.0. The molecule has 0 aliphatic heterocycles. The molecule has 0 aromatic carbocycles. The van der Waals surface area contributed by atoms with Crippen molar-refractivity contribution in [3.05, 3.63) is 49.1 Å². The van der Waals surface area contributed by atoms with E-state index in [1.54, 1.807) is 0 Å². The fourth-order valence-corrected chi connectivity index (χ4v) is 1.83. The molecule has 0 rings (SSSR count). The Bertz CT molecular complexity index is 278. The molecule has 122 valence electrons. The summed E-state index contributed by atoms with van der Waals surface area (Å²) < 4.78 is 0. The van der Waals surface area contributed by atoms with Gasteiger partial charge in [0.1, 0.15) is 0 Å². The van der Waals surface area contributed by atoms with Crippen molar-refractivity contribution in [2.75, 3.05) is 0 Å². The third kappa shape index (κ3) is 21.4. The van der Waals surface area contributed by atoms with Gasteiger partial charge in [-0.1, -0.05) is 70.1 Å². The highest BCUT2D eigenvalue weighted by Gasteiger charge is 1.93. The van der Waals surface area contributed by atoms with Gasteiger partial charge in [0.25, 0.3) is 0 Å². The largest absolute Gasteiger partial charge is 0.103 e. The molecule has 0 saturated carbocycles. The van der Waals surface area contributed by atoms with Crippen LogP contribution in [-0.4, -0.2) is 0 Å². The highest BCUT2D eigenvalue weighted by atomic mass is 14.0. The van der Waals surface area contributed by atoms with Crippen LogP contribution in [0.2, 0.25) is 0 Å². The van der Waals surface area contributed by atoms with E-state index in [1.807, 2.05) is 12.2 Å². The lowest BCUT2D eigenvalue weighted by Crippen LogP contribution is -1.84. The first-order valence-corrected chi connectivity index (χ1v) is 8.69. The van der Waals surface area contributed by atoms with E-state index in [9.17, 15) is 0 Å². The molecule has 0 fully saturated rings. The molecule has 0 aliphatic carbocycles. The van der Waals surface area contributed by atoms with Crippen molar-refractivity contribution in [1.82, 2.24) is 0 Å². The normalized spacial score (nSPS) is 11.4. The fraction of sp³-hybridized carbons (Fsp3) is 0.619. The predicted octanol–water partition coefficient (Wildman–Crippen LogP) is 7.64. The van der Waals surface area contributed by atoms with E-state index in [-0.39, 0.29) is 0 Å². The summed E-state index contributed by atoms with van der Waals surface area (Å²) in [6.07, 6.45) is 20.6. The average Bonchev–Trinajstić information content (AvgIpc) is 2.44. The van der Waals surface area contributed by atoms with Gasteiger partial charge in [0.05, 0.1) is 0 Å². The maximum absolute atomic E-state index is 3.75. The molecule has 0 amide bonds. The topological polar surface area (TPSA) is 0 Å².